The van der Waals surface area contributed by atoms with Crippen LogP contribution in [0.4, 0.5) is 0 Å². The highest BCUT2D eigenvalue weighted by Gasteiger charge is 2.18. The largest absolute Gasteiger partial charge is 0.382 e. The van der Waals surface area contributed by atoms with Gasteiger partial charge in [0, 0.05) is 0 Å². The summed E-state index contributed by atoms with van der Waals surface area (Å²) in [7, 11) is 0. The van der Waals surface area contributed by atoms with E-state index in [1.54, 1.807) is 0 Å². The van der Waals surface area contributed by atoms with E-state index in [0.717, 1.165) is 22.4 Å². The van der Waals surface area contributed by atoms with Gasteiger partial charge in [0.25, 0.3) is 0 Å². The number of fused-ring (bicyclic) bond motifs is 1. The quantitative estimate of drug-likeness (QED) is 0.869. The van der Waals surface area contributed by atoms with Gasteiger partial charge in [-0.2, -0.15) is 0 Å². The van der Waals surface area contributed by atoms with Gasteiger partial charge in [0.1, 0.15) is 6.10 Å². The van der Waals surface area contributed by atoms with Crippen molar-refractivity contribution in [3.05, 3.63) is 77.4 Å². The molecule has 94 valence electrons. The average molecular weight is 249 g/mol. The minimum atomic E-state index is -0.620. The molecule has 0 spiro atoms. The number of aliphatic hydroxyl groups is 1. The van der Waals surface area contributed by atoms with Crippen molar-refractivity contribution in [1.29, 1.82) is 0 Å². The fraction of sp³-hybridized carbons (Fsp3) is 0.118. The Kier molecular flexibility index (Phi) is 3.25. The summed E-state index contributed by atoms with van der Waals surface area (Å²) >= 11 is 0. The van der Waals surface area contributed by atoms with E-state index in [2.05, 4.69) is 4.99 Å². The van der Waals surface area contributed by atoms with Crippen LogP contribution in [0.5, 0.6) is 0 Å². The molecule has 0 amide bonds. The van der Waals surface area contributed by atoms with Crippen molar-refractivity contribution >= 4 is 11.8 Å². The van der Waals surface area contributed by atoms with Crippen LogP contribution in [0.2, 0.25) is 0 Å². The molecule has 0 saturated carbocycles. The molecule has 2 aromatic rings. The predicted molar refractivity (Wildman–Crippen MR) is 78.0 cm³/mol. The van der Waals surface area contributed by atoms with Crippen molar-refractivity contribution < 1.29 is 5.11 Å². The van der Waals surface area contributed by atoms with Gasteiger partial charge in [0.05, 0.1) is 12.3 Å². The lowest BCUT2D eigenvalue weighted by Gasteiger charge is -2.18. The Labute approximate surface area is 112 Å². The standard InChI is InChI=1S/C17H15NO/c19-17-15-9-5-4-8-14(15)10-11-16(17)18-12-13-6-2-1-3-7-13/h1-11,17,19H,12H2. The fourth-order valence-corrected chi connectivity index (χ4v) is 2.24. The van der Waals surface area contributed by atoms with Gasteiger partial charge in [-0.1, -0.05) is 60.7 Å². The number of rotatable bonds is 2. The first-order chi connectivity index (χ1) is 9.34. The molecule has 0 saturated heterocycles. The first-order valence-electron chi connectivity index (χ1n) is 6.38. The molecular formula is C17H15NO. The first-order valence-corrected chi connectivity index (χ1v) is 6.38. The lowest BCUT2D eigenvalue weighted by molar-refractivity contribution is 0.247. The monoisotopic (exact) mass is 249 g/mol. The molecule has 1 N–H and O–H groups in total. The average Bonchev–Trinajstić information content (AvgIpc) is 2.48. The van der Waals surface area contributed by atoms with E-state index >= 15 is 0 Å². The van der Waals surface area contributed by atoms with Gasteiger partial charge in [0.2, 0.25) is 0 Å². The Hall–Kier alpha value is -2.19. The highest BCUT2D eigenvalue weighted by atomic mass is 16.3. The topological polar surface area (TPSA) is 32.6 Å². The van der Waals surface area contributed by atoms with E-state index < -0.39 is 6.10 Å². The number of aliphatic imine (C=N–C) groups is 1. The van der Waals surface area contributed by atoms with Crippen molar-refractivity contribution in [2.24, 2.45) is 4.99 Å². The zero-order valence-electron chi connectivity index (χ0n) is 10.5. The van der Waals surface area contributed by atoms with E-state index in [9.17, 15) is 5.11 Å². The molecule has 2 nitrogen and oxygen atoms in total. The molecule has 19 heavy (non-hydrogen) atoms. The van der Waals surface area contributed by atoms with E-state index in [0.29, 0.717) is 6.54 Å². The lowest BCUT2D eigenvalue weighted by Crippen LogP contribution is -2.14. The Balaban J connectivity index is 1.84. The summed E-state index contributed by atoms with van der Waals surface area (Å²) in [5.74, 6) is 0. The molecule has 0 aliphatic heterocycles. The third-order valence-corrected chi connectivity index (χ3v) is 3.29. The van der Waals surface area contributed by atoms with Crippen molar-refractivity contribution in [2.45, 2.75) is 12.6 Å². The van der Waals surface area contributed by atoms with Gasteiger partial charge in [-0.15, -0.1) is 0 Å². The van der Waals surface area contributed by atoms with Crippen LogP contribution in [0.1, 0.15) is 22.8 Å². The lowest BCUT2D eigenvalue weighted by atomic mass is 9.93. The Morgan fingerprint density at radius 3 is 2.47 bits per heavy atom. The van der Waals surface area contributed by atoms with Gasteiger partial charge in [-0.3, -0.25) is 4.99 Å². The van der Waals surface area contributed by atoms with Crippen LogP contribution in [0.15, 0.2) is 65.7 Å². The molecule has 0 bridgehead atoms. The normalized spacial score (nSPS) is 19.4. The van der Waals surface area contributed by atoms with Crippen LogP contribution in [0.25, 0.3) is 6.08 Å². The second-order valence-electron chi connectivity index (χ2n) is 4.59. The van der Waals surface area contributed by atoms with Crippen LogP contribution >= 0.6 is 0 Å². The van der Waals surface area contributed by atoms with Crippen LogP contribution in [0.3, 0.4) is 0 Å². The third-order valence-electron chi connectivity index (χ3n) is 3.29. The molecule has 2 aromatic carbocycles. The third kappa shape index (κ3) is 2.49. The van der Waals surface area contributed by atoms with Crippen LogP contribution in [-0.2, 0) is 6.54 Å². The van der Waals surface area contributed by atoms with Crippen LogP contribution < -0.4 is 0 Å². The number of aliphatic hydroxyl groups excluding tert-OH is 1. The van der Waals surface area contributed by atoms with Crippen molar-refractivity contribution in [3.8, 4) is 0 Å². The highest BCUT2D eigenvalue weighted by Crippen LogP contribution is 2.26. The maximum absolute atomic E-state index is 10.3. The van der Waals surface area contributed by atoms with Gasteiger partial charge < -0.3 is 5.11 Å². The fourth-order valence-electron chi connectivity index (χ4n) is 2.24. The first kappa shape index (κ1) is 11.9. The maximum Gasteiger partial charge on any atom is 0.121 e. The van der Waals surface area contributed by atoms with Crippen molar-refractivity contribution in [3.63, 3.8) is 0 Å². The van der Waals surface area contributed by atoms with Crippen molar-refractivity contribution in [1.82, 2.24) is 0 Å². The molecule has 1 atom stereocenters. The van der Waals surface area contributed by atoms with Crippen molar-refractivity contribution in [2.75, 3.05) is 0 Å². The van der Waals surface area contributed by atoms with E-state index in [-0.39, 0.29) is 0 Å². The zero-order valence-corrected chi connectivity index (χ0v) is 10.5. The second kappa shape index (κ2) is 5.21. The highest BCUT2D eigenvalue weighted by molar-refractivity contribution is 6.04. The van der Waals surface area contributed by atoms with Gasteiger partial charge in [0.15, 0.2) is 0 Å². The molecule has 1 unspecified atom stereocenters. The van der Waals surface area contributed by atoms with Gasteiger partial charge >= 0.3 is 0 Å². The Morgan fingerprint density at radius 2 is 1.63 bits per heavy atom. The number of hydrogen-bond donors (Lipinski definition) is 1. The second-order valence-corrected chi connectivity index (χ2v) is 4.59. The number of hydrogen-bond acceptors (Lipinski definition) is 2. The molecule has 0 fully saturated rings. The number of nitrogens with zero attached hydrogens (tertiary/aromatic N) is 1. The molecule has 1 aliphatic rings. The summed E-state index contributed by atoms with van der Waals surface area (Å²) < 4.78 is 0. The summed E-state index contributed by atoms with van der Waals surface area (Å²) in [6.45, 7) is 0.597. The summed E-state index contributed by atoms with van der Waals surface area (Å²) in [6.07, 6.45) is 3.28. The molecule has 0 radical (unpaired) electrons. The Morgan fingerprint density at radius 1 is 0.895 bits per heavy atom. The van der Waals surface area contributed by atoms with Crippen LogP contribution in [-0.4, -0.2) is 10.8 Å². The SMILES string of the molecule is OC1C(=NCc2ccccc2)C=Cc2ccccc21. The summed E-state index contributed by atoms with van der Waals surface area (Å²) in [6, 6.07) is 17.9. The number of benzene rings is 2. The molecule has 0 heterocycles. The molecule has 0 aromatic heterocycles. The Bertz CT molecular complexity index is 629. The molecule has 1 aliphatic carbocycles. The summed E-state index contributed by atoms with van der Waals surface area (Å²) in [5.41, 5.74) is 3.86. The zero-order chi connectivity index (χ0) is 13.1. The van der Waals surface area contributed by atoms with E-state index in [1.807, 2.05) is 66.7 Å². The van der Waals surface area contributed by atoms with Crippen LogP contribution in [0, 0.1) is 0 Å². The van der Waals surface area contributed by atoms with Gasteiger partial charge in [-0.05, 0) is 22.8 Å². The molecule has 2 heteroatoms. The summed E-state index contributed by atoms with van der Waals surface area (Å²) in [5, 5.41) is 10.3. The minimum Gasteiger partial charge on any atom is -0.382 e. The smallest absolute Gasteiger partial charge is 0.121 e. The maximum atomic E-state index is 10.3. The van der Waals surface area contributed by atoms with E-state index in [1.165, 1.54) is 0 Å². The minimum absolute atomic E-state index is 0.597. The molecule has 3 rings (SSSR count). The molecular weight excluding hydrogens is 234 g/mol. The summed E-state index contributed by atoms with van der Waals surface area (Å²) in [4.78, 5) is 4.51. The predicted octanol–water partition coefficient (Wildman–Crippen LogP) is 3.39. The van der Waals surface area contributed by atoms with Gasteiger partial charge in [-0.25, -0.2) is 0 Å². The van der Waals surface area contributed by atoms with E-state index in [4.69, 9.17) is 0 Å².